The second-order valence-electron chi connectivity index (χ2n) is 6.65. The quantitative estimate of drug-likeness (QED) is 0.887. The Bertz CT molecular complexity index is 714. The second-order valence-corrected chi connectivity index (χ2v) is 6.65. The first-order chi connectivity index (χ1) is 10.7. The Kier molecular flexibility index (Phi) is 4.66. The third-order valence-electron chi connectivity index (χ3n) is 4.62. The van der Waals surface area contributed by atoms with Crippen LogP contribution in [0.25, 0.3) is 5.82 Å². The average Bonchev–Trinajstić information content (AvgIpc) is 3.02. The molecule has 0 saturated carbocycles. The number of hydrogen-bond donors (Lipinski definition) is 2. The normalized spacial score (nSPS) is 14.1. The highest BCUT2D eigenvalue weighted by Crippen LogP contribution is 2.22. The Hall–Kier alpha value is -2.08. The molecule has 2 aromatic rings. The van der Waals surface area contributed by atoms with Gasteiger partial charge in [-0.15, -0.1) is 0 Å². The molecule has 2 rings (SSSR count). The zero-order chi connectivity index (χ0) is 17.4. The number of nitrogens with two attached hydrogens (primary N) is 1. The predicted molar refractivity (Wildman–Crippen MR) is 89.8 cm³/mol. The number of aryl methyl sites for hydroxylation is 2. The zero-order valence-corrected chi connectivity index (χ0v) is 14.7. The van der Waals surface area contributed by atoms with Gasteiger partial charge in [0.15, 0.2) is 5.82 Å². The molecule has 0 spiro atoms. The Balaban J connectivity index is 2.36. The zero-order valence-electron chi connectivity index (χ0n) is 14.7. The van der Waals surface area contributed by atoms with Crippen LogP contribution in [-0.2, 0) is 0 Å². The molecular formula is C17H26N4O2. The van der Waals surface area contributed by atoms with E-state index in [4.69, 9.17) is 10.3 Å². The topological polar surface area (TPSA) is 86.1 Å². The van der Waals surface area contributed by atoms with Crippen molar-refractivity contribution >= 4 is 5.91 Å². The van der Waals surface area contributed by atoms with Gasteiger partial charge in [0.2, 0.25) is 0 Å². The molecule has 2 aromatic heterocycles. The Morgan fingerprint density at radius 1 is 1.39 bits per heavy atom. The molecule has 1 amide bonds. The number of carbonyl (C=O) groups is 1. The van der Waals surface area contributed by atoms with E-state index in [0.717, 1.165) is 17.1 Å². The van der Waals surface area contributed by atoms with Gasteiger partial charge >= 0.3 is 0 Å². The highest BCUT2D eigenvalue weighted by atomic mass is 16.5. The average molecular weight is 318 g/mol. The van der Waals surface area contributed by atoms with E-state index in [1.807, 2.05) is 44.4 Å². The van der Waals surface area contributed by atoms with Gasteiger partial charge in [-0.3, -0.25) is 9.36 Å². The summed E-state index contributed by atoms with van der Waals surface area (Å²) in [6.07, 6.45) is 0. The molecule has 0 aliphatic rings. The van der Waals surface area contributed by atoms with E-state index in [1.165, 1.54) is 0 Å². The summed E-state index contributed by atoms with van der Waals surface area (Å²) in [4.78, 5) is 12.7. The SMILES string of the molecule is Cc1cc(-n2c(C)cc(C(=O)NC(C)(CN)C(C)C)c2C)no1. The molecule has 0 saturated heterocycles. The lowest BCUT2D eigenvalue weighted by Gasteiger charge is -2.33. The summed E-state index contributed by atoms with van der Waals surface area (Å²) in [5.74, 6) is 1.53. The van der Waals surface area contributed by atoms with Crippen molar-refractivity contribution in [3.63, 3.8) is 0 Å². The molecule has 0 aliphatic heterocycles. The van der Waals surface area contributed by atoms with E-state index in [9.17, 15) is 4.79 Å². The van der Waals surface area contributed by atoms with Crippen LogP contribution in [0.3, 0.4) is 0 Å². The van der Waals surface area contributed by atoms with Crippen molar-refractivity contribution in [2.45, 2.75) is 47.1 Å². The maximum absolute atomic E-state index is 12.7. The van der Waals surface area contributed by atoms with E-state index < -0.39 is 5.54 Å². The van der Waals surface area contributed by atoms with Crippen molar-refractivity contribution < 1.29 is 9.32 Å². The third kappa shape index (κ3) is 3.17. The highest BCUT2D eigenvalue weighted by Gasteiger charge is 2.30. The maximum atomic E-state index is 12.7. The molecule has 1 atom stereocenters. The van der Waals surface area contributed by atoms with Crippen molar-refractivity contribution in [3.8, 4) is 5.82 Å². The van der Waals surface area contributed by atoms with Gasteiger partial charge in [-0.1, -0.05) is 19.0 Å². The van der Waals surface area contributed by atoms with Crippen molar-refractivity contribution in [2.75, 3.05) is 6.54 Å². The van der Waals surface area contributed by atoms with Gasteiger partial charge in [-0.2, -0.15) is 0 Å². The van der Waals surface area contributed by atoms with Gasteiger partial charge in [-0.25, -0.2) is 0 Å². The van der Waals surface area contributed by atoms with Gasteiger partial charge in [0, 0.05) is 24.0 Å². The molecule has 0 aromatic carbocycles. The number of carbonyl (C=O) groups excluding carboxylic acids is 1. The van der Waals surface area contributed by atoms with Crippen LogP contribution < -0.4 is 11.1 Å². The first kappa shape index (κ1) is 17.3. The summed E-state index contributed by atoms with van der Waals surface area (Å²) >= 11 is 0. The van der Waals surface area contributed by atoms with Crippen molar-refractivity contribution in [2.24, 2.45) is 11.7 Å². The van der Waals surface area contributed by atoms with E-state index in [2.05, 4.69) is 24.3 Å². The lowest BCUT2D eigenvalue weighted by atomic mass is 9.88. The summed E-state index contributed by atoms with van der Waals surface area (Å²) in [6.45, 7) is 12.1. The van der Waals surface area contributed by atoms with Gasteiger partial charge in [0.05, 0.1) is 11.1 Å². The molecule has 0 fully saturated rings. The fourth-order valence-corrected chi connectivity index (χ4v) is 2.56. The van der Waals surface area contributed by atoms with Crippen LogP contribution in [0.2, 0.25) is 0 Å². The predicted octanol–water partition coefficient (Wildman–Crippen LogP) is 2.49. The second kappa shape index (κ2) is 6.20. The molecule has 23 heavy (non-hydrogen) atoms. The fourth-order valence-electron chi connectivity index (χ4n) is 2.56. The molecule has 0 aliphatic carbocycles. The van der Waals surface area contributed by atoms with Crippen LogP contribution in [-0.4, -0.2) is 27.7 Å². The number of hydrogen-bond acceptors (Lipinski definition) is 4. The third-order valence-corrected chi connectivity index (χ3v) is 4.62. The Morgan fingerprint density at radius 2 is 2.04 bits per heavy atom. The molecule has 0 bridgehead atoms. The molecule has 3 N–H and O–H groups in total. The van der Waals surface area contributed by atoms with Gasteiger partial charge in [-0.05, 0) is 39.7 Å². The van der Waals surface area contributed by atoms with Gasteiger partial charge in [0.1, 0.15) is 5.76 Å². The summed E-state index contributed by atoms with van der Waals surface area (Å²) in [7, 11) is 0. The van der Waals surface area contributed by atoms with Gasteiger partial charge in [0.25, 0.3) is 5.91 Å². The lowest BCUT2D eigenvalue weighted by Crippen LogP contribution is -2.55. The standard InChI is InChI=1S/C17H26N4O2/c1-10(2)17(6,9-18)19-16(22)14-7-11(3)21(13(14)5)15-8-12(4)23-20-15/h7-8,10H,9,18H2,1-6H3,(H,19,22). The monoisotopic (exact) mass is 318 g/mol. The molecule has 126 valence electrons. The summed E-state index contributed by atoms with van der Waals surface area (Å²) < 4.78 is 7.06. The number of rotatable bonds is 5. The van der Waals surface area contributed by atoms with Crippen LogP contribution in [0.4, 0.5) is 0 Å². The van der Waals surface area contributed by atoms with E-state index in [0.29, 0.717) is 17.9 Å². The molecular weight excluding hydrogens is 292 g/mol. The van der Waals surface area contributed by atoms with E-state index in [1.54, 1.807) is 0 Å². The Labute approximate surface area is 137 Å². The molecule has 6 heteroatoms. The number of nitrogens with one attached hydrogen (secondary N) is 1. The van der Waals surface area contributed by atoms with Crippen molar-refractivity contribution in [1.82, 2.24) is 15.0 Å². The minimum Gasteiger partial charge on any atom is -0.360 e. The van der Waals surface area contributed by atoms with Crippen LogP contribution in [0.1, 0.15) is 48.3 Å². The molecule has 2 heterocycles. The van der Waals surface area contributed by atoms with Crippen LogP contribution >= 0.6 is 0 Å². The number of aromatic nitrogens is 2. The lowest BCUT2D eigenvalue weighted by molar-refractivity contribution is 0.0882. The minimum absolute atomic E-state index is 0.119. The smallest absolute Gasteiger partial charge is 0.253 e. The van der Waals surface area contributed by atoms with Crippen LogP contribution in [0.15, 0.2) is 16.7 Å². The first-order valence-electron chi connectivity index (χ1n) is 7.85. The summed E-state index contributed by atoms with van der Waals surface area (Å²) in [6, 6.07) is 3.71. The van der Waals surface area contributed by atoms with Crippen molar-refractivity contribution in [3.05, 3.63) is 34.8 Å². The number of nitrogens with zero attached hydrogens (tertiary/aromatic N) is 2. The first-order valence-corrected chi connectivity index (χ1v) is 7.85. The van der Waals surface area contributed by atoms with Crippen LogP contribution in [0.5, 0.6) is 0 Å². The number of amides is 1. The molecule has 0 radical (unpaired) electrons. The van der Waals surface area contributed by atoms with E-state index in [-0.39, 0.29) is 11.8 Å². The van der Waals surface area contributed by atoms with Gasteiger partial charge < -0.3 is 15.6 Å². The Morgan fingerprint density at radius 3 is 2.52 bits per heavy atom. The molecule has 1 unspecified atom stereocenters. The summed E-state index contributed by atoms with van der Waals surface area (Å²) in [5.41, 5.74) is 7.81. The van der Waals surface area contributed by atoms with Crippen molar-refractivity contribution in [1.29, 1.82) is 0 Å². The highest BCUT2D eigenvalue weighted by molar-refractivity contribution is 5.96. The van der Waals surface area contributed by atoms with E-state index >= 15 is 0 Å². The van der Waals surface area contributed by atoms with Crippen LogP contribution in [0, 0.1) is 26.7 Å². The largest absolute Gasteiger partial charge is 0.360 e. The minimum atomic E-state index is -0.440. The fraction of sp³-hybridized carbons (Fsp3) is 0.529. The maximum Gasteiger partial charge on any atom is 0.253 e. The molecule has 6 nitrogen and oxygen atoms in total. The summed E-state index contributed by atoms with van der Waals surface area (Å²) in [5, 5.41) is 7.11.